The van der Waals surface area contributed by atoms with Gasteiger partial charge >= 0.3 is 0 Å². The lowest BCUT2D eigenvalue weighted by molar-refractivity contribution is 0.631. The van der Waals surface area contributed by atoms with Crippen LogP contribution < -0.4 is 0 Å². The van der Waals surface area contributed by atoms with Crippen molar-refractivity contribution < 1.29 is 4.39 Å². The fraction of sp³-hybridized carbons (Fsp3) is 0.0400. The highest BCUT2D eigenvalue weighted by atomic mass is 19.1. The van der Waals surface area contributed by atoms with Gasteiger partial charge in [0.25, 0.3) is 0 Å². The number of hydrogen-bond donors (Lipinski definition) is 2. The Labute approximate surface area is 182 Å². The monoisotopic (exact) mass is 420 g/mol. The third-order valence-electron chi connectivity index (χ3n) is 5.65. The molecule has 0 aliphatic rings. The molecule has 0 spiro atoms. The Kier molecular flexibility index (Phi) is 4.07. The van der Waals surface area contributed by atoms with E-state index in [0.29, 0.717) is 17.0 Å². The molecule has 6 nitrogen and oxygen atoms in total. The summed E-state index contributed by atoms with van der Waals surface area (Å²) in [6.07, 6.45) is 5.26. The lowest BCUT2D eigenvalue weighted by Crippen LogP contribution is -1.89. The Morgan fingerprint density at radius 2 is 1.78 bits per heavy atom. The SMILES string of the molecule is Cc1ccncc1-c1ccc2[nH]nc(-c3cc4c(-c5ccccc5F)nccc4[nH]3)c2n1. The van der Waals surface area contributed by atoms with Crippen LogP contribution >= 0.6 is 0 Å². The Balaban J connectivity index is 1.53. The van der Waals surface area contributed by atoms with Crippen LogP contribution in [0.4, 0.5) is 4.39 Å². The molecule has 0 fully saturated rings. The van der Waals surface area contributed by atoms with Gasteiger partial charge in [0.2, 0.25) is 0 Å². The third-order valence-corrected chi connectivity index (χ3v) is 5.65. The molecule has 5 aromatic heterocycles. The second-order valence-corrected chi connectivity index (χ2v) is 7.64. The van der Waals surface area contributed by atoms with E-state index in [0.717, 1.165) is 44.5 Å². The summed E-state index contributed by atoms with van der Waals surface area (Å²) in [5.74, 6) is -0.307. The van der Waals surface area contributed by atoms with E-state index in [1.165, 1.54) is 6.07 Å². The molecule has 1 aromatic carbocycles. The van der Waals surface area contributed by atoms with Gasteiger partial charge in [0.05, 0.1) is 22.6 Å². The maximum absolute atomic E-state index is 14.4. The van der Waals surface area contributed by atoms with Crippen LogP contribution in [-0.2, 0) is 0 Å². The van der Waals surface area contributed by atoms with Gasteiger partial charge in [-0.2, -0.15) is 5.10 Å². The van der Waals surface area contributed by atoms with Crippen molar-refractivity contribution in [3.05, 3.63) is 84.6 Å². The third kappa shape index (κ3) is 2.86. The van der Waals surface area contributed by atoms with Crippen molar-refractivity contribution in [2.75, 3.05) is 0 Å². The maximum Gasteiger partial charge on any atom is 0.135 e. The maximum atomic E-state index is 14.4. The van der Waals surface area contributed by atoms with Crippen LogP contribution in [0.1, 0.15) is 5.56 Å². The highest BCUT2D eigenvalue weighted by Gasteiger charge is 2.17. The summed E-state index contributed by atoms with van der Waals surface area (Å²) in [6.45, 7) is 2.04. The fourth-order valence-electron chi connectivity index (χ4n) is 4.02. The summed E-state index contributed by atoms with van der Waals surface area (Å²) in [5, 5.41) is 8.39. The van der Waals surface area contributed by atoms with Crippen molar-refractivity contribution >= 4 is 21.9 Å². The summed E-state index contributed by atoms with van der Waals surface area (Å²) in [6, 6.07) is 16.4. The van der Waals surface area contributed by atoms with Crippen LogP contribution in [0, 0.1) is 12.7 Å². The molecular weight excluding hydrogens is 403 g/mol. The molecule has 7 heteroatoms. The average Bonchev–Trinajstić information content (AvgIpc) is 3.43. The van der Waals surface area contributed by atoms with E-state index >= 15 is 0 Å². The number of rotatable bonds is 3. The Morgan fingerprint density at radius 3 is 2.66 bits per heavy atom. The minimum Gasteiger partial charge on any atom is -0.353 e. The average molecular weight is 420 g/mol. The number of halogens is 1. The van der Waals surface area contributed by atoms with Gasteiger partial charge in [-0.05, 0) is 55.0 Å². The summed E-state index contributed by atoms with van der Waals surface area (Å²) in [4.78, 5) is 17.0. The minimum atomic E-state index is -0.307. The summed E-state index contributed by atoms with van der Waals surface area (Å²) >= 11 is 0. The van der Waals surface area contributed by atoms with Crippen LogP contribution in [-0.4, -0.2) is 30.1 Å². The lowest BCUT2D eigenvalue weighted by atomic mass is 10.1. The first-order valence-electron chi connectivity index (χ1n) is 10.2. The quantitative estimate of drug-likeness (QED) is 0.386. The van der Waals surface area contributed by atoms with E-state index in [-0.39, 0.29) is 5.82 Å². The first-order chi connectivity index (χ1) is 15.7. The number of nitrogens with one attached hydrogen (secondary N) is 2. The standard InChI is InChI=1S/C25H17FN6/c1-14-8-10-27-13-17(14)19-6-7-21-24(30-19)25(32-31-21)22-12-16-20(29-22)9-11-28-23(16)15-4-2-3-5-18(15)26/h2-13,29H,1H3,(H,31,32). The Hall–Kier alpha value is -4.39. The number of aromatic nitrogens is 6. The van der Waals surface area contributed by atoms with Crippen molar-refractivity contribution in [2.45, 2.75) is 6.92 Å². The minimum absolute atomic E-state index is 0.307. The number of H-pyrrole nitrogens is 2. The van der Waals surface area contributed by atoms with Crippen molar-refractivity contribution in [3.63, 3.8) is 0 Å². The topological polar surface area (TPSA) is 83.1 Å². The predicted molar refractivity (Wildman–Crippen MR) is 122 cm³/mol. The number of pyridine rings is 3. The van der Waals surface area contributed by atoms with Crippen molar-refractivity contribution in [3.8, 4) is 33.9 Å². The van der Waals surface area contributed by atoms with Gasteiger partial charge in [0.15, 0.2) is 0 Å². The summed E-state index contributed by atoms with van der Waals surface area (Å²) < 4.78 is 14.4. The first-order valence-corrected chi connectivity index (χ1v) is 10.2. The van der Waals surface area contributed by atoms with E-state index < -0.39 is 0 Å². The molecule has 0 bridgehead atoms. The second-order valence-electron chi connectivity index (χ2n) is 7.64. The van der Waals surface area contributed by atoms with Gasteiger partial charge in [-0.1, -0.05) is 12.1 Å². The number of hydrogen-bond acceptors (Lipinski definition) is 4. The molecule has 6 aromatic rings. The van der Waals surface area contributed by atoms with E-state index in [2.05, 4.69) is 25.1 Å². The molecule has 0 radical (unpaired) electrons. The van der Waals surface area contributed by atoms with E-state index in [9.17, 15) is 4.39 Å². The smallest absolute Gasteiger partial charge is 0.135 e. The number of fused-ring (bicyclic) bond motifs is 2. The zero-order valence-electron chi connectivity index (χ0n) is 17.1. The molecule has 0 aliphatic heterocycles. The molecule has 2 N–H and O–H groups in total. The van der Waals surface area contributed by atoms with Crippen molar-refractivity contribution in [1.29, 1.82) is 0 Å². The van der Waals surface area contributed by atoms with Crippen molar-refractivity contribution in [1.82, 2.24) is 30.1 Å². The molecule has 0 saturated carbocycles. The van der Waals surface area contributed by atoms with E-state index in [4.69, 9.17) is 4.98 Å². The molecule has 0 aliphatic carbocycles. The molecule has 0 amide bonds. The molecular formula is C25H17FN6. The van der Waals surface area contributed by atoms with Gasteiger partial charge in [-0.15, -0.1) is 0 Å². The predicted octanol–water partition coefficient (Wildman–Crippen LogP) is 5.68. The van der Waals surface area contributed by atoms with Gasteiger partial charge in [0, 0.05) is 40.6 Å². The Bertz CT molecular complexity index is 1610. The summed E-state index contributed by atoms with van der Waals surface area (Å²) in [5.41, 5.74) is 7.86. The number of aryl methyl sites for hydroxylation is 1. The summed E-state index contributed by atoms with van der Waals surface area (Å²) in [7, 11) is 0. The molecule has 5 heterocycles. The van der Waals surface area contributed by atoms with Gasteiger partial charge in [-0.25, -0.2) is 9.37 Å². The second kappa shape index (κ2) is 7.09. The van der Waals surface area contributed by atoms with Gasteiger partial charge < -0.3 is 4.98 Å². The number of nitrogens with zero attached hydrogens (tertiary/aromatic N) is 4. The molecule has 0 atom stereocenters. The lowest BCUT2D eigenvalue weighted by Gasteiger charge is -2.04. The van der Waals surface area contributed by atoms with Crippen LogP contribution in [0.15, 0.2) is 73.2 Å². The molecule has 0 saturated heterocycles. The van der Waals surface area contributed by atoms with Gasteiger partial charge in [-0.3, -0.25) is 15.1 Å². The molecule has 32 heavy (non-hydrogen) atoms. The van der Waals surface area contributed by atoms with Crippen LogP contribution in [0.2, 0.25) is 0 Å². The van der Waals surface area contributed by atoms with Crippen molar-refractivity contribution in [2.24, 2.45) is 0 Å². The van der Waals surface area contributed by atoms with Gasteiger partial charge in [0.1, 0.15) is 17.0 Å². The fourth-order valence-corrected chi connectivity index (χ4v) is 4.02. The van der Waals surface area contributed by atoms with E-state index in [1.54, 1.807) is 30.6 Å². The van der Waals surface area contributed by atoms with Crippen LogP contribution in [0.25, 0.3) is 55.8 Å². The first kappa shape index (κ1) is 18.4. The molecule has 154 valence electrons. The molecule has 0 unspecified atom stereocenters. The zero-order valence-corrected chi connectivity index (χ0v) is 17.1. The van der Waals surface area contributed by atoms with E-state index in [1.807, 2.05) is 43.5 Å². The molecule has 6 rings (SSSR count). The number of benzene rings is 1. The number of aromatic amines is 2. The highest BCUT2D eigenvalue weighted by Crippen LogP contribution is 2.34. The van der Waals surface area contributed by atoms with Crippen LogP contribution in [0.3, 0.4) is 0 Å². The largest absolute Gasteiger partial charge is 0.353 e. The Morgan fingerprint density at radius 1 is 0.875 bits per heavy atom. The highest BCUT2D eigenvalue weighted by molar-refractivity contribution is 5.99. The van der Waals surface area contributed by atoms with Crippen LogP contribution in [0.5, 0.6) is 0 Å². The normalized spacial score (nSPS) is 11.4. The zero-order chi connectivity index (χ0) is 21.7.